The highest BCUT2D eigenvalue weighted by Gasteiger charge is 2.33. The summed E-state index contributed by atoms with van der Waals surface area (Å²) in [6.07, 6.45) is 0. The molecule has 2 aromatic rings. The van der Waals surface area contributed by atoms with Gasteiger partial charge < -0.3 is 9.26 Å². The van der Waals surface area contributed by atoms with E-state index >= 15 is 0 Å². The smallest absolute Gasteiger partial charge is 0.367 e. The van der Waals surface area contributed by atoms with Gasteiger partial charge in [0.15, 0.2) is 0 Å². The van der Waals surface area contributed by atoms with Gasteiger partial charge in [-0.15, -0.1) is 0 Å². The highest BCUT2D eigenvalue weighted by Crippen LogP contribution is 2.33. The molecule has 0 bridgehead atoms. The molecule has 1 aromatic heterocycles. The Balaban J connectivity index is 2.52. The minimum absolute atomic E-state index is 0.0614. The Morgan fingerprint density at radius 2 is 2.11 bits per heavy atom. The maximum Gasteiger partial charge on any atom is 0.367 e. The van der Waals surface area contributed by atoms with E-state index in [0.717, 1.165) is 0 Å². The molecule has 0 fully saturated rings. The van der Waals surface area contributed by atoms with Crippen molar-refractivity contribution in [2.24, 2.45) is 0 Å². The molecular weight excluding hydrogens is 252 g/mol. The van der Waals surface area contributed by atoms with Crippen molar-refractivity contribution in [2.45, 2.75) is 6.92 Å². The van der Waals surface area contributed by atoms with E-state index < -0.39 is 22.3 Å². The largest absolute Gasteiger partial charge is 0.461 e. The van der Waals surface area contributed by atoms with Gasteiger partial charge in [0.05, 0.1) is 11.5 Å². The highest BCUT2D eigenvalue weighted by molar-refractivity contribution is 5.94. The maximum absolute atomic E-state index is 11.6. The molecule has 19 heavy (non-hydrogen) atoms. The summed E-state index contributed by atoms with van der Waals surface area (Å²) in [6, 6.07) is 8.42. The van der Waals surface area contributed by atoms with E-state index in [0.29, 0.717) is 5.56 Å². The van der Waals surface area contributed by atoms with Crippen molar-refractivity contribution in [3.8, 4) is 11.3 Å². The van der Waals surface area contributed by atoms with Gasteiger partial charge in [0, 0.05) is 5.56 Å². The van der Waals surface area contributed by atoms with Gasteiger partial charge in [0.2, 0.25) is 5.76 Å². The van der Waals surface area contributed by atoms with E-state index in [1.807, 2.05) is 0 Å². The van der Waals surface area contributed by atoms with E-state index in [4.69, 9.17) is 9.26 Å². The fourth-order valence-corrected chi connectivity index (χ4v) is 1.57. The zero-order valence-electron chi connectivity index (χ0n) is 10.0. The Hall–Kier alpha value is -2.70. The van der Waals surface area contributed by atoms with Crippen molar-refractivity contribution < 1.29 is 19.0 Å². The molecule has 0 radical (unpaired) electrons. The number of nitrogens with zero attached hydrogens (tertiary/aromatic N) is 2. The van der Waals surface area contributed by atoms with Crippen LogP contribution in [-0.4, -0.2) is 22.7 Å². The number of carbonyl (C=O) groups excluding carboxylic acids is 1. The molecule has 2 rings (SSSR count). The summed E-state index contributed by atoms with van der Waals surface area (Å²) in [5, 5.41) is 14.5. The Morgan fingerprint density at radius 1 is 1.42 bits per heavy atom. The number of aromatic nitrogens is 1. The molecule has 0 aliphatic rings. The lowest BCUT2D eigenvalue weighted by Gasteiger charge is -1.97. The number of nitro groups is 1. The van der Waals surface area contributed by atoms with Crippen LogP contribution < -0.4 is 0 Å². The third kappa shape index (κ3) is 2.44. The van der Waals surface area contributed by atoms with Crippen molar-refractivity contribution >= 4 is 11.7 Å². The van der Waals surface area contributed by atoms with Gasteiger partial charge in [0.1, 0.15) is 0 Å². The minimum atomic E-state index is -0.875. The van der Waals surface area contributed by atoms with Crippen LogP contribution in [0.1, 0.15) is 17.4 Å². The standard InChI is InChI=1S/C12H10N2O5/c1-2-18-12(15)9-10(14(16)17)11(19-13-9)8-6-4-3-5-7-8/h3-7H,2H2,1H3. The number of ether oxygens (including phenoxy) is 1. The van der Waals surface area contributed by atoms with Gasteiger partial charge in [0.25, 0.3) is 5.69 Å². The van der Waals surface area contributed by atoms with Crippen molar-refractivity contribution in [1.82, 2.24) is 5.16 Å². The van der Waals surface area contributed by atoms with E-state index in [1.165, 1.54) is 0 Å². The first-order chi connectivity index (χ1) is 9.15. The molecule has 1 aromatic carbocycles. The maximum atomic E-state index is 11.6. The van der Waals surface area contributed by atoms with E-state index in [2.05, 4.69) is 5.16 Å². The number of benzene rings is 1. The third-order valence-electron chi connectivity index (χ3n) is 2.35. The number of hydrogen-bond donors (Lipinski definition) is 0. The summed E-state index contributed by atoms with van der Waals surface area (Å²) in [6.45, 7) is 1.70. The van der Waals surface area contributed by atoms with Gasteiger partial charge in [-0.05, 0) is 6.92 Å². The fraction of sp³-hybridized carbons (Fsp3) is 0.167. The molecule has 0 saturated carbocycles. The van der Waals surface area contributed by atoms with Crippen molar-refractivity contribution in [3.05, 3.63) is 46.1 Å². The second-order valence-corrected chi connectivity index (χ2v) is 3.55. The first-order valence-electron chi connectivity index (χ1n) is 5.51. The van der Waals surface area contributed by atoms with E-state index in [-0.39, 0.29) is 12.4 Å². The van der Waals surface area contributed by atoms with Crippen LogP contribution in [0.3, 0.4) is 0 Å². The number of hydrogen-bond acceptors (Lipinski definition) is 6. The number of carbonyl (C=O) groups is 1. The van der Waals surface area contributed by atoms with Gasteiger partial charge in [-0.1, -0.05) is 35.5 Å². The molecular formula is C12H10N2O5. The minimum Gasteiger partial charge on any atom is -0.461 e. The molecule has 0 aliphatic heterocycles. The summed E-state index contributed by atoms with van der Waals surface area (Å²) in [5.74, 6) is -0.936. The Morgan fingerprint density at radius 3 is 2.68 bits per heavy atom. The molecule has 0 aliphatic carbocycles. The molecule has 1 heterocycles. The van der Waals surface area contributed by atoms with Crippen LogP contribution in [0, 0.1) is 10.1 Å². The van der Waals surface area contributed by atoms with Crippen LogP contribution in [0.25, 0.3) is 11.3 Å². The zero-order chi connectivity index (χ0) is 13.8. The van der Waals surface area contributed by atoms with Gasteiger partial charge >= 0.3 is 11.7 Å². The Labute approximate surface area is 107 Å². The summed E-state index contributed by atoms with van der Waals surface area (Å²) >= 11 is 0. The molecule has 0 saturated heterocycles. The average Bonchev–Trinajstić information content (AvgIpc) is 2.85. The molecule has 0 N–H and O–H groups in total. The number of rotatable bonds is 4. The van der Waals surface area contributed by atoms with E-state index in [1.54, 1.807) is 37.3 Å². The van der Waals surface area contributed by atoms with Crippen molar-refractivity contribution in [2.75, 3.05) is 6.61 Å². The van der Waals surface area contributed by atoms with Crippen LogP contribution in [0.5, 0.6) is 0 Å². The van der Waals surface area contributed by atoms with Crippen LogP contribution in [0.2, 0.25) is 0 Å². The molecule has 98 valence electrons. The molecule has 7 heteroatoms. The fourth-order valence-electron chi connectivity index (χ4n) is 1.57. The van der Waals surface area contributed by atoms with Gasteiger partial charge in [-0.3, -0.25) is 10.1 Å². The van der Waals surface area contributed by atoms with E-state index in [9.17, 15) is 14.9 Å². The normalized spacial score (nSPS) is 10.2. The second-order valence-electron chi connectivity index (χ2n) is 3.55. The average molecular weight is 262 g/mol. The summed E-state index contributed by atoms with van der Waals surface area (Å²) in [7, 11) is 0. The SMILES string of the molecule is CCOC(=O)c1noc(-c2ccccc2)c1[N+](=O)[O-]. The highest BCUT2D eigenvalue weighted by atomic mass is 16.6. The Bertz CT molecular complexity index is 606. The molecule has 0 amide bonds. The topological polar surface area (TPSA) is 95.5 Å². The molecule has 7 nitrogen and oxygen atoms in total. The second kappa shape index (κ2) is 5.30. The van der Waals surface area contributed by atoms with Gasteiger partial charge in [-0.2, -0.15) is 0 Å². The van der Waals surface area contributed by atoms with Crippen LogP contribution in [0.4, 0.5) is 5.69 Å². The van der Waals surface area contributed by atoms with Crippen LogP contribution in [0.15, 0.2) is 34.9 Å². The number of esters is 1. The van der Waals surface area contributed by atoms with Crippen molar-refractivity contribution in [1.29, 1.82) is 0 Å². The lowest BCUT2D eigenvalue weighted by atomic mass is 10.1. The Kier molecular flexibility index (Phi) is 3.56. The van der Waals surface area contributed by atoms with Gasteiger partial charge in [-0.25, -0.2) is 4.79 Å². The van der Waals surface area contributed by atoms with Crippen LogP contribution in [-0.2, 0) is 4.74 Å². The molecule has 0 atom stereocenters. The first-order valence-corrected chi connectivity index (χ1v) is 5.51. The predicted molar refractivity (Wildman–Crippen MR) is 64.5 cm³/mol. The molecule has 0 unspecified atom stereocenters. The third-order valence-corrected chi connectivity index (χ3v) is 2.35. The summed E-state index contributed by atoms with van der Waals surface area (Å²) in [4.78, 5) is 21.9. The predicted octanol–water partition coefficient (Wildman–Crippen LogP) is 2.43. The summed E-state index contributed by atoms with van der Waals surface area (Å²) < 4.78 is 9.62. The lowest BCUT2D eigenvalue weighted by Crippen LogP contribution is -2.07. The monoisotopic (exact) mass is 262 g/mol. The first kappa shape index (κ1) is 12.7. The molecule has 0 spiro atoms. The summed E-state index contributed by atoms with van der Waals surface area (Å²) in [5.41, 5.74) is -0.437. The zero-order valence-corrected chi connectivity index (χ0v) is 10.0. The van der Waals surface area contributed by atoms with Crippen LogP contribution >= 0.6 is 0 Å². The van der Waals surface area contributed by atoms with Crippen molar-refractivity contribution in [3.63, 3.8) is 0 Å². The lowest BCUT2D eigenvalue weighted by molar-refractivity contribution is -0.384. The quantitative estimate of drug-likeness (QED) is 0.477.